The number of aromatic nitrogens is 3. The first-order valence-electron chi connectivity index (χ1n) is 5.79. The summed E-state index contributed by atoms with van der Waals surface area (Å²) < 4.78 is 1.35. The molecule has 2 aromatic rings. The van der Waals surface area contributed by atoms with Crippen LogP contribution in [0.25, 0.3) is 5.65 Å². The number of hydrogen-bond acceptors (Lipinski definition) is 4. The molecule has 7 heteroatoms. The molecule has 1 aliphatic rings. The maximum Gasteiger partial charge on any atom is 0.254 e. The molecule has 0 radical (unpaired) electrons. The summed E-state index contributed by atoms with van der Waals surface area (Å²) in [6.45, 7) is 0.987. The van der Waals surface area contributed by atoms with Crippen molar-refractivity contribution in [2.75, 3.05) is 6.54 Å². The Balaban J connectivity index is 0.00000120. The summed E-state index contributed by atoms with van der Waals surface area (Å²) in [7, 11) is 0. The normalized spacial score (nSPS) is 19.7. The predicted octanol–water partition coefficient (Wildman–Crippen LogP) is 0.965. The number of rotatable bonds is 1. The lowest BCUT2D eigenvalue weighted by atomic mass is 10.0. The van der Waals surface area contributed by atoms with Crippen molar-refractivity contribution in [3.63, 3.8) is 0 Å². The lowest BCUT2D eigenvalue weighted by Gasteiger charge is -2.21. The lowest BCUT2D eigenvalue weighted by Crippen LogP contribution is -2.27. The summed E-state index contributed by atoms with van der Waals surface area (Å²) in [5.74, 6) is -0.134. The third kappa shape index (κ3) is 2.21. The lowest BCUT2D eigenvalue weighted by molar-refractivity contribution is 0.399. The Morgan fingerprint density at radius 1 is 1.39 bits per heavy atom. The first-order chi connectivity index (χ1) is 8.24. The first-order valence-corrected chi connectivity index (χ1v) is 5.79. The largest absolute Gasteiger partial charge is 0.493 e. The standard InChI is InChI=1S/C11H14N4O2.ClH/c16-10-6-11(17)15-9(13-10)5-8(14-15)7-3-1-2-4-12-7;/h5-7,12,17H,1-4H2,(H,13,16);1H/t7-;/m0./s1. The molecule has 0 bridgehead atoms. The van der Waals surface area contributed by atoms with Crippen molar-refractivity contribution in [1.29, 1.82) is 0 Å². The average Bonchev–Trinajstić information content (AvgIpc) is 2.74. The molecule has 0 spiro atoms. The summed E-state index contributed by atoms with van der Waals surface area (Å²) in [6, 6.07) is 3.15. The second-order valence-electron chi connectivity index (χ2n) is 4.36. The molecule has 0 unspecified atom stereocenters. The van der Waals surface area contributed by atoms with E-state index in [1.54, 1.807) is 0 Å². The third-order valence-corrected chi connectivity index (χ3v) is 3.12. The number of nitrogens with zero attached hydrogens (tertiary/aromatic N) is 2. The Kier molecular flexibility index (Phi) is 3.58. The molecule has 0 saturated carbocycles. The van der Waals surface area contributed by atoms with Gasteiger partial charge in [-0.15, -0.1) is 12.4 Å². The van der Waals surface area contributed by atoms with Crippen LogP contribution < -0.4 is 10.9 Å². The highest BCUT2D eigenvalue weighted by Crippen LogP contribution is 2.23. The maximum atomic E-state index is 11.2. The van der Waals surface area contributed by atoms with E-state index < -0.39 is 0 Å². The van der Waals surface area contributed by atoms with Crippen LogP contribution in [0, 0.1) is 0 Å². The van der Waals surface area contributed by atoms with Gasteiger partial charge in [-0.3, -0.25) is 4.79 Å². The Hall–Kier alpha value is -1.53. The zero-order valence-electron chi connectivity index (χ0n) is 9.72. The van der Waals surface area contributed by atoms with Gasteiger partial charge in [0.1, 0.15) is 5.65 Å². The van der Waals surface area contributed by atoms with Crippen LogP contribution in [-0.4, -0.2) is 26.2 Å². The van der Waals surface area contributed by atoms with Gasteiger partial charge in [0.15, 0.2) is 0 Å². The van der Waals surface area contributed by atoms with Gasteiger partial charge in [0.2, 0.25) is 5.88 Å². The highest BCUT2D eigenvalue weighted by Gasteiger charge is 2.18. The minimum atomic E-state index is -0.321. The van der Waals surface area contributed by atoms with Crippen LogP contribution in [-0.2, 0) is 0 Å². The fourth-order valence-corrected chi connectivity index (χ4v) is 2.28. The quantitative estimate of drug-likeness (QED) is 0.721. The minimum absolute atomic E-state index is 0. The summed E-state index contributed by atoms with van der Waals surface area (Å²) in [5, 5.41) is 17.3. The number of nitrogens with one attached hydrogen (secondary N) is 2. The number of fused-ring (bicyclic) bond motifs is 1. The molecule has 0 aliphatic carbocycles. The number of aromatic hydroxyl groups is 1. The minimum Gasteiger partial charge on any atom is -0.493 e. The molecule has 18 heavy (non-hydrogen) atoms. The molecule has 6 nitrogen and oxygen atoms in total. The van der Waals surface area contributed by atoms with E-state index in [1.807, 2.05) is 6.07 Å². The fraction of sp³-hybridized carbons (Fsp3) is 0.455. The van der Waals surface area contributed by atoms with E-state index in [0.29, 0.717) is 5.65 Å². The molecule has 98 valence electrons. The molecule has 1 aliphatic heterocycles. The van der Waals surface area contributed by atoms with Crippen molar-refractivity contribution in [3.05, 3.63) is 28.2 Å². The van der Waals surface area contributed by atoms with E-state index in [-0.39, 0.29) is 29.9 Å². The second-order valence-corrected chi connectivity index (χ2v) is 4.36. The van der Waals surface area contributed by atoms with Crippen LogP contribution >= 0.6 is 12.4 Å². The van der Waals surface area contributed by atoms with Crippen LogP contribution in [0.2, 0.25) is 0 Å². The van der Waals surface area contributed by atoms with Crippen LogP contribution in [0.15, 0.2) is 16.9 Å². The Bertz CT molecular complexity index is 601. The van der Waals surface area contributed by atoms with E-state index >= 15 is 0 Å². The van der Waals surface area contributed by atoms with Gasteiger partial charge < -0.3 is 15.4 Å². The van der Waals surface area contributed by atoms with Crippen LogP contribution in [0.4, 0.5) is 0 Å². The molecule has 3 rings (SSSR count). The molecule has 0 amide bonds. The smallest absolute Gasteiger partial charge is 0.254 e. The number of halogens is 1. The molecular weight excluding hydrogens is 256 g/mol. The molecule has 1 saturated heterocycles. The monoisotopic (exact) mass is 270 g/mol. The summed E-state index contributed by atoms with van der Waals surface area (Å²) in [4.78, 5) is 13.9. The van der Waals surface area contributed by atoms with Gasteiger partial charge in [0, 0.05) is 6.07 Å². The van der Waals surface area contributed by atoms with Crippen molar-refractivity contribution in [3.8, 4) is 5.88 Å². The highest BCUT2D eigenvalue weighted by atomic mass is 35.5. The highest BCUT2D eigenvalue weighted by molar-refractivity contribution is 5.85. The Morgan fingerprint density at radius 3 is 2.94 bits per heavy atom. The first kappa shape index (κ1) is 12.9. The summed E-state index contributed by atoms with van der Waals surface area (Å²) >= 11 is 0. The molecule has 3 heterocycles. The van der Waals surface area contributed by atoms with Gasteiger partial charge in [0.05, 0.1) is 17.8 Å². The van der Waals surface area contributed by atoms with Gasteiger partial charge in [0.25, 0.3) is 5.56 Å². The Morgan fingerprint density at radius 2 is 2.22 bits per heavy atom. The van der Waals surface area contributed by atoms with Crippen LogP contribution in [0.3, 0.4) is 0 Å². The molecule has 0 aromatic carbocycles. The molecule has 1 atom stereocenters. The fourth-order valence-electron chi connectivity index (χ4n) is 2.28. The van der Waals surface area contributed by atoms with Gasteiger partial charge >= 0.3 is 0 Å². The van der Waals surface area contributed by atoms with E-state index in [1.165, 1.54) is 17.4 Å². The van der Waals surface area contributed by atoms with Gasteiger partial charge in [-0.05, 0) is 19.4 Å². The van der Waals surface area contributed by atoms with Crippen molar-refractivity contribution >= 4 is 18.1 Å². The van der Waals surface area contributed by atoms with Crippen LogP contribution in [0.1, 0.15) is 31.0 Å². The van der Waals surface area contributed by atoms with E-state index in [2.05, 4.69) is 15.4 Å². The van der Waals surface area contributed by atoms with Gasteiger partial charge in [-0.1, -0.05) is 6.42 Å². The van der Waals surface area contributed by atoms with Gasteiger partial charge in [-0.2, -0.15) is 9.61 Å². The molecular formula is C11H15ClN4O2. The second kappa shape index (κ2) is 4.99. The van der Waals surface area contributed by atoms with Crippen LogP contribution in [0.5, 0.6) is 5.88 Å². The van der Waals surface area contributed by atoms with Crippen molar-refractivity contribution in [2.24, 2.45) is 0 Å². The molecule has 2 aromatic heterocycles. The number of aromatic amines is 1. The third-order valence-electron chi connectivity index (χ3n) is 3.12. The predicted molar refractivity (Wildman–Crippen MR) is 69.3 cm³/mol. The Labute approximate surface area is 109 Å². The zero-order chi connectivity index (χ0) is 11.8. The maximum absolute atomic E-state index is 11.2. The molecule has 3 N–H and O–H groups in total. The van der Waals surface area contributed by atoms with Crippen molar-refractivity contribution < 1.29 is 5.11 Å². The topological polar surface area (TPSA) is 82.4 Å². The molecule has 1 fully saturated rings. The zero-order valence-corrected chi connectivity index (χ0v) is 10.5. The van der Waals surface area contributed by atoms with E-state index in [9.17, 15) is 9.90 Å². The van der Waals surface area contributed by atoms with E-state index in [0.717, 1.165) is 24.7 Å². The van der Waals surface area contributed by atoms with Gasteiger partial charge in [-0.25, -0.2) is 0 Å². The van der Waals surface area contributed by atoms with Crippen molar-refractivity contribution in [1.82, 2.24) is 19.9 Å². The number of H-pyrrole nitrogens is 1. The number of hydrogen-bond donors (Lipinski definition) is 3. The average molecular weight is 271 g/mol. The SMILES string of the molecule is Cl.O=c1cc(O)n2nc([C@@H]3CCCCN3)cc2[nH]1. The van der Waals surface area contributed by atoms with E-state index in [4.69, 9.17) is 0 Å². The number of piperidine rings is 1. The summed E-state index contributed by atoms with van der Waals surface area (Å²) in [6.07, 6.45) is 3.40. The van der Waals surface area contributed by atoms with Crippen molar-refractivity contribution in [2.45, 2.75) is 25.3 Å². The summed E-state index contributed by atoms with van der Waals surface area (Å²) in [5.41, 5.74) is 1.07.